The molecule has 1 aromatic heterocycles. The highest BCUT2D eigenvalue weighted by Gasteiger charge is 2.07. The maximum atomic E-state index is 11.0. The Labute approximate surface area is 271 Å². The van der Waals surface area contributed by atoms with Gasteiger partial charge in [-0.05, 0) is 77.7 Å². The molecule has 242 valence electrons. The van der Waals surface area contributed by atoms with E-state index in [0.29, 0.717) is 25.2 Å². The van der Waals surface area contributed by atoms with Crippen molar-refractivity contribution in [1.82, 2.24) is 20.5 Å². The quantitative estimate of drug-likeness (QED) is 0.130. The molecule has 0 aliphatic heterocycles. The van der Waals surface area contributed by atoms with E-state index in [-0.39, 0.29) is 5.56 Å². The number of aromatic nitrogens is 1. The number of aldehydes is 1. The van der Waals surface area contributed by atoms with E-state index in [0.717, 1.165) is 48.2 Å². The van der Waals surface area contributed by atoms with Gasteiger partial charge in [0.05, 0.1) is 12.7 Å². The molecule has 0 saturated heterocycles. The van der Waals surface area contributed by atoms with Crippen LogP contribution in [0.1, 0.15) is 54.5 Å². The Morgan fingerprint density at radius 3 is 2.16 bits per heavy atom. The van der Waals surface area contributed by atoms with E-state index >= 15 is 0 Å². The largest absolute Gasteiger partial charge is 0.497 e. The van der Waals surface area contributed by atoms with Crippen molar-refractivity contribution in [2.24, 2.45) is 0 Å². The number of nitrogens with one attached hydrogen (secondary N) is 2. The maximum Gasteiger partial charge on any atom is 0.335 e. The Balaban J connectivity index is 0.000000326. The molecule has 45 heavy (non-hydrogen) atoms. The minimum Gasteiger partial charge on any atom is -0.497 e. The summed E-state index contributed by atoms with van der Waals surface area (Å²) in [4.78, 5) is 37.6. The number of methoxy groups -OCH3 is 1. The van der Waals surface area contributed by atoms with Crippen molar-refractivity contribution in [3.63, 3.8) is 0 Å². The second kappa shape index (κ2) is 23.1. The lowest BCUT2D eigenvalue weighted by Crippen LogP contribution is -2.20. The minimum absolute atomic E-state index is 0.207. The molecule has 4 aromatic rings. The number of rotatable bonds is 12. The fourth-order valence-electron chi connectivity index (χ4n) is 3.63. The Morgan fingerprint density at radius 2 is 1.67 bits per heavy atom. The van der Waals surface area contributed by atoms with Gasteiger partial charge in [0.15, 0.2) is 0 Å². The van der Waals surface area contributed by atoms with Crippen LogP contribution in [0.2, 0.25) is 0 Å². The second-order valence-electron chi connectivity index (χ2n) is 10.3. The highest BCUT2D eigenvalue weighted by molar-refractivity contribution is 7.09. The lowest BCUT2D eigenvalue weighted by Gasteiger charge is -2.08. The molecule has 4 rings (SSSR count). The number of hydrogen-bond donors (Lipinski definition) is 3. The highest BCUT2D eigenvalue weighted by atomic mass is 32.1. The van der Waals surface area contributed by atoms with Crippen LogP contribution in [0.3, 0.4) is 0 Å². The van der Waals surface area contributed by atoms with E-state index in [4.69, 9.17) is 9.84 Å². The fourth-order valence-corrected chi connectivity index (χ4v) is 4.52. The molecule has 0 bridgehead atoms. The predicted molar refractivity (Wildman–Crippen MR) is 182 cm³/mol. The van der Waals surface area contributed by atoms with Gasteiger partial charge in [0.2, 0.25) is 6.41 Å². The number of benzene rings is 3. The molecule has 0 aliphatic carbocycles. The first kappa shape index (κ1) is 38.6. The Hall–Kier alpha value is -4.38. The molecule has 0 aliphatic rings. The number of ether oxygens (including phenoxy) is 1. The fraction of sp³-hybridized carbons (Fsp3) is 0.314. The molecule has 1 heterocycles. The SMILES string of the molecule is COc1cc(CNCCCNC=O)cc(C(=O)O)c1.Cc1cccc(C=O)c1.Cc1ccccc1.Cc1csc(CN(C)C)n1. The molecule has 0 spiro atoms. The number of nitrogens with zero attached hydrogens (tertiary/aromatic N) is 2. The Bertz CT molecular complexity index is 1410. The first-order valence-electron chi connectivity index (χ1n) is 14.5. The summed E-state index contributed by atoms with van der Waals surface area (Å²) in [6.07, 6.45) is 2.34. The van der Waals surface area contributed by atoms with Crippen LogP contribution in [-0.2, 0) is 17.9 Å². The zero-order valence-corrected chi connectivity index (χ0v) is 27.9. The molecule has 10 heteroatoms. The van der Waals surface area contributed by atoms with Crippen molar-refractivity contribution in [2.75, 3.05) is 34.3 Å². The molecule has 0 unspecified atom stereocenters. The maximum absolute atomic E-state index is 11.0. The van der Waals surface area contributed by atoms with Gasteiger partial charge in [-0.15, -0.1) is 11.3 Å². The van der Waals surface area contributed by atoms with Gasteiger partial charge in [0.1, 0.15) is 17.0 Å². The summed E-state index contributed by atoms with van der Waals surface area (Å²) in [5, 5.41) is 18.0. The number of aromatic carboxylic acids is 1. The van der Waals surface area contributed by atoms with Crippen molar-refractivity contribution in [3.05, 3.63) is 117 Å². The normalized spacial score (nSPS) is 9.76. The summed E-state index contributed by atoms with van der Waals surface area (Å²) >= 11 is 1.73. The van der Waals surface area contributed by atoms with Gasteiger partial charge in [-0.1, -0.05) is 59.7 Å². The van der Waals surface area contributed by atoms with Gasteiger partial charge >= 0.3 is 5.97 Å². The number of carboxylic acids is 1. The van der Waals surface area contributed by atoms with Crippen LogP contribution in [0.15, 0.2) is 78.2 Å². The van der Waals surface area contributed by atoms with E-state index in [1.165, 1.54) is 23.7 Å². The monoisotopic (exact) mass is 634 g/mol. The number of carbonyl (C=O) groups is 3. The topological polar surface area (TPSA) is 121 Å². The molecule has 0 radical (unpaired) electrons. The zero-order valence-electron chi connectivity index (χ0n) is 27.1. The van der Waals surface area contributed by atoms with Crippen molar-refractivity contribution >= 4 is 30.0 Å². The summed E-state index contributed by atoms with van der Waals surface area (Å²) in [5.74, 6) is -0.449. The van der Waals surface area contributed by atoms with Crippen molar-refractivity contribution < 1.29 is 24.2 Å². The van der Waals surface area contributed by atoms with Gasteiger partial charge in [-0.25, -0.2) is 9.78 Å². The van der Waals surface area contributed by atoms with Crippen LogP contribution in [0.25, 0.3) is 0 Å². The van der Waals surface area contributed by atoms with Crippen LogP contribution < -0.4 is 15.4 Å². The number of thiazole rings is 1. The van der Waals surface area contributed by atoms with Crippen molar-refractivity contribution in [3.8, 4) is 5.75 Å². The van der Waals surface area contributed by atoms with Crippen molar-refractivity contribution in [2.45, 2.75) is 40.3 Å². The first-order chi connectivity index (χ1) is 21.6. The number of carbonyl (C=O) groups excluding carboxylic acids is 2. The predicted octanol–water partition coefficient (Wildman–Crippen LogP) is 5.93. The van der Waals surface area contributed by atoms with Crippen LogP contribution >= 0.6 is 11.3 Å². The average Bonchev–Trinajstić information content (AvgIpc) is 3.43. The van der Waals surface area contributed by atoms with Crippen LogP contribution in [-0.4, -0.2) is 68.0 Å². The van der Waals surface area contributed by atoms with E-state index < -0.39 is 5.97 Å². The smallest absolute Gasteiger partial charge is 0.335 e. The molecule has 0 fully saturated rings. The van der Waals surface area contributed by atoms with Gasteiger partial charge < -0.3 is 25.4 Å². The molecule has 9 nitrogen and oxygen atoms in total. The third kappa shape index (κ3) is 18.8. The summed E-state index contributed by atoms with van der Waals surface area (Å²) in [6.45, 7) is 8.94. The first-order valence-corrected chi connectivity index (χ1v) is 15.3. The van der Waals surface area contributed by atoms with Crippen molar-refractivity contribution in [1.29, 1.82) is 0 Å². The Kier molecular flexibility index (Phi) is 19.8. The number of amides is 1. The lowest BCUT2D eigenvalue weighted by atomic mass is 10.1. The average molecular weight is 635 g/mol. The van der Waals surface area contributed by atoms with Gasteiger partial charge in [-0.2, -0.15) is 0 Å². The van der Waals surface area contributed by atoms with E-state index in [1.807, 2.05) is 50.2 Å². The number of aryl methyl sites for hydroxylation is 3. The summed E-state index contributed by atoms with van der Waals surface area (Å²) in [7, 11) is 5.61. The number of carboxylic acid groups (broad SMARTS) is 1. The lowest BCUT2D eigenvalue weighted by molar-refractivity contribution is -0.109. The molecule has 3 aromatic carbocycles. The van der Waals surface area contributed by atoms with Crippen LogP contribution in [0.5, 0.6) is 5.75 Å². The van der Waals surface area contributed by atoms with Crippen LogP contribution in [0, 0.1) is 20.8 Å². The summed E-state index contributed by atoms with van der Waals surface area (Å²) in [6, 6.07) is 22.6. The van der Waals surface area contributed by atoms with E-state index in [9.17, 15) is 14.4 Å². The Morgan fingerprint density at radius 1 is 0.956 bits per heavy atom. The summed E-state index contributed by atoms with van der Waals surface area (Å²) < 4.78 is 5.07. The zero-order chi connectivity index (χ0) is 33.5. The van der Waals surface area contributed by atoms with Gasteiger partial charge in [-0.3, -0.25) is 9.59 Å². The van der Waals surface area contributed by atoms with Gasteiger partial charge in [0.25, 0.3) is 0 Å². The molecule has 1 amide bonds. The summed E-state index contributed by atoms with van der Waals surface area (Å²) in [5.41, 5.74) is 5.37. The molecule has 0 saturated carbocycles. The highest BCUT2D eigenvalue weighted by Crippen LogP contribution is 2.17. The van der Waals surface area contributed by atoms with E-state index in [1.54, 1.807) is 29.5 Å². The third-order valence-electron chi connectivity index (χ3n) is 5.77. The minimum atomic E-state index is -0.977. The number of hydrogen-bond acceptors (Lipinski definition) is 8. The van der Waals surface area contributed by atoms with E-state index in [2.05, 4.69) is 59.0 Å². The molecular formula is C35H46N4O5S. The third-order valence-corrected chi connectivity index (χ3v) is 6.72. The second-order valence-corrected chi connectivity index (χ2v) is 11.2. The molecule has 3 N–H and O–H groups in total. The molecule has 0 atom stereocenters. The standard InChI is InChI=1S/C13H18N2O4.C8H8O.C7H12N2S.C7H8/c1-19-12-6-10(5-11(7-12)13(17)18)8-14-3-2-4-15-9-16;1-7-3-2-4-8(5-7)6-9;1-6-5-10-7(8-6)4-9(2)3;1-7-5-3-2-4-6-7/h5-7,9,14H,2-4,8H2,1H3,(H,15,16)(H,17,18);2-6H,1H3;5H,4H2,1-3H3;2-6H,1H3. The molecular weight excluding hydrogens is 588 g/mol. The van der Waals surface area contributed by atoms with Gasteiger partial charge in [0, 0.05) is 36.3 Å². The van der Waals surface area contributed by atoms with Crippen LogP contribution in [0.4, 0.5) is 0 Å².